The first-order valence-corrected chi connectivity index (χ1v) is 38.8. The SMILES string of the molecule is CCC(C)CCCCCCCCC(=O)OC[C@H](COP(=O)(O)OC[C@@H](O)COP(=O)(O)OC[C@@H](COC(=O)CCCCCCCCC(C)CC)OC(=O)CCCCCCCCC(C)CC)OC(=O)CCCCCCCCCCCCCCCCCC(C)C. The Morgan fingerprint density at radius 3 is 0.807 bits per heavy atom. The topological polar surface area (TPSA) is 237 Å². The fourth-order valence-electron chi connectivity index (χ4n) is 10.2. The second kappa shape index (κ2) is 58.8. The zero-order chi connectivity index (χ0) is 65.4. The Bertz CT molecular complexity index is 1750. The van der Waals surface area contributed by atoms with Crippen LogP contribution in [0.4, 0.5) is 0 Å². The van der Waals surface area contributed by atoms with Crippen molar-refractivity contribution < 1.29 is 80.2 Å². The van der Waals surface area contributed by atoms with E-state index in [9.17, 15) is 43.2 Å². The number of aliphatic hydroxyl groups is 1. The summed E-state index contributed by atoms with van der Waals surface area (Å²) < 4.78 is 68.2. The maximum Gasteiger partial charge on any atom is 0.472 e. The normalized spacial score (nSPS) is 15.2. The number of carbonyl (C=O) groups is 4. The summed E-state index contributed by atoms with van der Waals surface area (Å²) in [5.74, 6) is 0.849. The highest BCUT2D eigenvalue weighted by atomic mass is 31.2. The van der Waals surface area contributed by atoms with Crippen molar-refractivity contribution in [3.63, 3.8) is 0 Å². The van der Waals surface area contributed by atoms with Crippen LogP contribution in [0.25, 0.3) is 0 Å². The highest BCUT2D eigenvalue weighted by molar-refractivity contribution is 7.47. The highest BCUT2D eigenvalue weighted by Crippen LogP contribution is 2.45. The summed E-state index contributed by atoms with van der Waals surface area (Å²) in [6.45, 7) is 14.0. The molecule has 0 aromatic rings. The Hall–Kier alpha value is -1.94. The number of aliphatic hydroxyl groups excluding tert-OH is 1. The minimum Gasteiger partial charge on any atom is -0.462 e. The van der Waals surface area contributed by atoms with Crippen LogP contribution in [-0.4, -0.2) is 96.7 Å². The molecule has 522 valence electrons. The molecule has 19 heteroatoms. The lowest BCUT2D eigenvalue weighted by Crippen LogP contribution is -2.30. The van der Waals surface area contributed by atoms with Gasteiger partial charge in [0, 0.05) is 25.7 Å². The van der Waals surface area contributed by atoms with Gasteiger partial charge in [0.15, 0.2) is 12.2 Å². The first-order chi connectivity index (χ1) is 42.2. The zero-order valence-electron chi connectivity index (χ0n) is 57.3. The predicted molar refractivity (Wildman–Crippen MR) is 354 cm³/mol. The van der Waals surface area contributed by atoms with Gasteiger partial charge in [-0.2, -0.15) is 0 Å². The van der Waals surface area contributed by atoms with Crippen molar-refractivity contribution in [3.8, 4) is 0 Å². The fourth-order valence-corrected chi connectivity index (χ4v) is 11.8. The summed E-state index contributed by atoms with van der Waals surface area (Å²) in [6, 6.07) is 0. The highest BCUT2D eigenvalue weighted by Gasteiger charge is 2.30. The molecule has 0 rings (SSSR count). The van der Waals surface area contributed by atoms with Crippen molar-refractivity contribution in [1.82, 2.24) is 0 Å². The average Bonchev–Trinajstić information content (AvgIpc) is 3.62. The number of hydrogen-bond acceptors (Lipinski definition) is 15. The Labute approximate surface area is 537 Å². The summed E-state index contributed by atoms with van der Waals surface area (Å²) in [6.07, 6.45) is 40.5. The quantitative estimate of drug-likeness (QED) is 0.0222. The molecule has 8 atom stereocenters. The van der Waals surface area contributed by atoms with Gasteiger partial charge < -0.3 is 33.8 Å². The Morgan fingerprint density at radius 1 is 0.318 bits per heavy atom. The monoisotopic (exact) mass is 1300 g/mol. The van der Waals surface area contributed by atoms with Gasteiger partial charge in [0.1, 0.15) is 19.3 Å². The van der Waals surface area contributed by atoms with E-state index in [0.29, 0.717) is 25.7 Å². The van der Waals surface area contributed by atoms with Gasteiger partial charge >= 0.3 is 39.5 Å². The Kier molecular flexibility index (Phi) is 57.6. The lowest BCUT2D eigenvalue weighted by Gasteiger charge is -2.21. The molecule has 0 bridgehead atoms. The van der Waals surface area contributed by atoms with Crippen LogP contribution in [0.5, 0.6) is 0 Å². The van der Waals surface area contributed by atoms with Crippen molar-refractivity contribution >= 4 is 39.5 Å². The minimum absolute atomic E-state index is 0.101. The van der Waals surface area contributed by atoms with E-state index in [1.165, 1.54) is 128 Å². The third-order valence-corrected chi connectivity index (χ3v) is 18.8. The zero-order valence-corrected chi connectivity index (χ0v) is 59.1. The molecule has 0 aromatic heterocycles. The molecule has 0 amide bonds. The molecule has 0 spiro atoms. The molecule has 0 saturated carbocycles. The van der Waals surface area contributed by atoms with Crippen LogP contribution < -0.4 is 0 Å². The third-order valence-electron chi connectivity index (χ3n) is 16.9. The van der Waals surface area contributed by atoms with Crippen LogP contribution in [0.15, 0.2) is 0 Å². The van der Waals surface area contributed by atoms with E-state index >= 15 is 0 Å². The third kappa shape index (κ3) is 59.1. The van der Waals surface area contributed by atoms with Gasteiger partial charge in [-0.3, -0.25) is 37.3 Å². The Morgan fingerprint density at radius 2 is 0.545 bits per heavy atom. The molecular formula is C69H134O17P2. The summed E-state index contributed by atoms with van der Waals surface area (Å²) in [4.78, 5) is 72.4. The van der Waals surface area contributed by atoms with E-state index < -0.39 is 97.5 Å². The van der Waals surface area contributed by atoms with Crippen LogP contribution in [0.3, 0.4) is 0 Å². The predicted octanol–water partition coefficient (Wildman–Crippen LogP) is 19.3. The van der Waals surface area contributed by atoms with E-state index in [2.05, 4.69) is 55.4 Å². The van der Waals surface area contributed by atoms with Crippen LogP contribution in [0.2, 0.25) is 0 Å². The maximum absolute atomic E-state index is 13.0. The second-order valence-corrected chi connectivity index (χ2v) is 29.0. The number of hydrogen-bond donors (Lipinski definition) is 3. The number of rotatable bonds is 66. The van der Waals surface area contributed by atoms with Gasteiger partial charge in [-0.25, -0.2) is 9.13 Å². The average molecular weight is 1300 g/mol. The Balaban J connectivity index is 5.22. The maximum atomic E-state index is 13.0. The van der Waals surface area contributed by atoms with Gasteiger partial charge in [0.05, 0.1) is 26.4 Å². The smallest absolute Gasteiger partial charge is 0.462 e. The number of unbranched alkanes of at least 4 members (excludes halogenated alkanes) is 29. The van der Waals surface area contributed by atoms with Gasteiger partial charge in [0.25, 0.3) is 0 Å². The number of carbonyl (C=O) groups excluding carboxylic acids is 4. The summed E-state index contributed by atoms with van der Waals surface area (Å²) in [5.41, 5.74) is 0. The molecule has 0 heterocycles. The number of ether oxygens (including phenoxy) is 4. The molecule has 5 unspecified atom stereocenters. The van der Waals surface area contributed by atoms with Gasteiger partial charge in [-0.05, 0) is 49.4 Å². The van der Waals surface area contributed by atoms with Crippen molar-refractivity contribution in [2.45, 2.75) is 356 Å². The van der Waals surface area contributed by atoms with Crippen molar-refractivity contribution in [1.29, 1.82) is 0 Å². The van der Waals surface area contributed by atoms with Crippen LogP contribution >= 0.6 is 15.6 Å². The van der Waals surface area contributed by atoms with Gasteiger partial charge in [-0.1, -0.05) is 287 Å². The summed E-state index contributed by atoms with van der Waals surface area (Å²) >= 11 is 0. The molecule has 0 aliphatic carbocycles. The van der Waals surface area contributed by atoms with Crippen molar-refractivity contribution in [2.75, 3.05) is 39.6 Å². The molecule has 0 aliphatic rings. The number of phosphoric ester groups is 2. The molecule has 17 nitrogen and oxygen atoms in total. The summed E-state index contributed by atoms with van der Waals surface area (Å²) in [7, 11) is -9.90. The first kappa shape index (κ1) is 86.1. The molecule has 0 aromatic carbocycles. The van der Waals surface area contributed by atoms with E-state index in [1.54, 1.807) is 0 Å². The van der Waals surface area contributed by atoms with Crippen LogP contribution in [0, 0.1) is 23.7 Å². The fraction of sp³-hybridized carbons (Fsp3) is 0.942. The molecule has 88 heavy (non-hydrogen) atoms. The van der Waals surface area contributed by atoms with E-state index in [1.807, 2.05) is 0 Å². The number of esters is 4. The van der Waals surface area contributed by atoms with E-state index in [-0.39, 0.29) is 25.7 Å². The molecule has 0 aliphatic heterocycles. The molecule has 3 N–H and O–H groups in total. The van der Waals surface area contributed by atoms with E-state index in [0.717, 1.165) is 126 Å². The van der Waals surface area contributed by atoms with Gasteiger partial charge in [-0.15, -0.1) is 0 Å². The van der Waals surface area contributed by atoms with E-state index in [4.69, 9.17) is 37.0 Å². The molecule has 0 fully saturated rings. The lowest BCUT2D eigenvalue weighted by molar-refractivity contribution is -0.161. The second-order valence-electron chi connectivity index (χ2n) is 26.1. The molecule has 0 radical (unpaired) electrons. The molecular weight excluding hydrogens is 1160 g/mol. The van der Waals surface area contributed by atoms with Crippen molar-refractivity contribution in [2.24, 2.45) is 23.7 Å². The lowest BCUT2D eigenvalue weighted by atomic mass is 10.00. The summed E-state index contributed by atoms with van der Waals surface area (Å²) in [5, 5.41) is 10.6. The molecule has 0 saturated heterocycles. The van der Waals surface area contributed by atoms with Crippen LogP contribution in [-0.2, 0) is 65.4 Å². The largest absolute Gasteiger partial charge is 0.472 e. The minimum atomic E-state index is -4.95. The standard InChI is InChI=1S/C69H134O17P2/c1-9-60(6)46-38-30-23-26-33-41-49-66(71)79-55-64(85-68(73)51-43-35-22-20-18-16-14-12-13-15-17-19-21-29-37-45-59(4)5)57-83-87(75,76)81-53-63(70)54-82-88(77,78)84-58-65(86-69(74)52-44-36-28-25-32-40-48-62(8)11-3)56-80-67(72)50-42-34-27-24-31-39-47-61(7)10-2/h59-65,70H,9-58H2,1-8H3,(H,75,76)(H,77,78)/t60?,61?,62?,63-,64-,65-/m1/s1. The van der Waals surface area contributed by atoms with Crippen LogP contribution in [0.1, 0.15) is 338 Å². The first-order valence-electron chi connectivity index (χ1n) is 35.8. The number of phosphoric acid groups is 2. The van der Waals surface area contributed by atoms with Gasteiger partial charge in [0.2, 0.25) is 0 Å². The van der Waals surface area contributed by atoms with Crippen molar-refractivity contribution in [3.05, 3.63) is 0 Å².